The van der Waals surface area contributed by atoms with Crippen LogP contribution in [0, 0.1) is 0 Å². The summed E-state index contributed by atoms with van der Waals surface area (Å²) in [5.41, 5.74) is 2.84. The molecule has 4 aromatic rings. The highest BCUT2D eigenvalue weighted by Crippen LogP contribution is 2.34. The molecule has 1 aromatic heterocycles. The molecule has 0 bridgehead atoms. The number of rotatable bonds is 3. The lowest BCUT2D eigenvalue weighted by Gasteiger charge is -2.12. The number of hydrogen-bond donors (Lipinski definition) is 2. The van der Waals surface area contributed by atoms with E-state index in [1.165, 1.54) is 6.07 Å². The topological polar surface area (TPSA) is 58.3 Å². The van der Waals surface area contributed by atoms with Crippen molar-refractivity contribution in [3.63, 3.8) is 0 Å². The van der Waals surface area contributed by atoms with Gasteiger partial charge < -0.3 is 14.8 Å². The first-order valence-electron chi connectivity index (χ1n) is 7.94. The molecule has 3 aromatic carbocycles. The molecule has 0 aliphatic carbocycles. The third-order valence-corrected chi connectivity index (χ3v) is 4.69. The minimum Gasteiger partial charge on any atom is -0.508 e. The smallest absolute Gasteiger partial charge is 0.145 e. The number of fused-ring (bicyclic) bond motifs is 1. The lowest BCUT2D eigenvalue weighted by atomic mass is 10.1. The molecule has 4 rings (SSSR count). The fraction of sp³-hybridized carbons (Fsp3) is 0.0500. The van der Waals surface area contributed by atoms with Crippen LogP contribution in [0.5, 0.6) is 11.5 Å². The Morgan fingerprint density at radius 2 is 1.54 bits per heavy atom. The summed E-state index contributed by atoms with van der Waals surface area (Å²) in [7, 11) is 0. The summed E-state index contributed by atoms with van der Waals surface area (Å²) >= 11 is 12.2. The van der Waals surface area contributed by atoms with E-state index in [0.29, 0.717) is 33.5 Å². The summed E-state index contributed by atoms with van der Waals surface area (Å²) in [6, 6.07) is 17.4. The predicted molar refractivity (Wildman–Crippen MR) is 104 cm³/mol. The van der Waals surface area contributed by atoms with Crippen LogP contribution < -0.4 is 0 Å². The number of halogens is 2. The van der Waals surface area contributed by atoms with E-state index in [4.69, 9.17) is 23.2 Å². The van der Waals surface area contributed by atoms with Gasteiger partial charge in [-0.05, 0) is 48.5 Å². The lowest BCUT2D eigenvalue weighted by Crippen LogP contribution is -2.03. The Morgan fingerprint density at radius 3 is 2.35 bits per heavy atom. The average molecular weight is 385 g/mol. The first kappa shape index (κ1) is 16.8. The highest BCUT2D eigenvalue weighted by atomic mass is 35.5. The van der Waals surface area contributed by atoms with Crippen molar-refractivity contribution in [2.45, 2.75) is 6.54 Å². The molecule has 0 atom stereocenters. The number of nitrogens with zero attached hydrogens (tertiary/aromatic N) is 2. The third-order valence-electron chi connectivity index (χ3n) is 4.22. The normalized spacial score (nSPS) is 11.2. The second kappa shape index (κ2) is 6.56. The van der Waals surface area contributed by atoms with E-state index in [0.717, 1.165) is 11.0 Å². The lowest BCUT2D eigenvalue weighted by molar-refractivity contribution is 0.466. The van der Waals surface area contributed by atoms with Gasteiger partial charge in [-0.25, -0.2) is 4.98 Å². The van der Waals surface area contributed by atoms with Gasteiger partial charge in [-0.15, -0.1) is 0 Å². The Labute approximate surface area is 159 Å². The molecular formula is C20H14Cl2N2O2. The quantitative estimate of drug-likeness (QED) is 0.492. The number of aromatic nitrogens is 2. The van der Waals surface area contributed by atoms with Crippen molar-refractivity contribution in [2.75, 3.05) is 0 Å². The van der Waals surface area contributed by atoms with Gasteiger partial charge in [0.2, 0.25) is 0 Å². The zero-order valence-corrected chi connectivity index (χ0v) is 15.0. The summed E-state index contributed by atoms with van der Waals surface area (Å²) in [6.07, 6.45) is 0. The van der Waals surface area contributed by atoms with Crippen LogP contribution in [0.15, 0.2) is 60.7 Å². The number of para-hydroxylation sites is 2. The van der Waals surface area contributed by atoms with Crippen molar-refractivity contribution >= 4 is 34.2 Å². The van der Waals surface area contributed by atoms with E-state index in [-0.39, 0.29) is 11.5 Å². The second-order valence-corrected chi connectivity index (χ2v) is 6.82. The summed E-state index contributed by atoms with van der Waals surface area (Å²) < 4.78 is 1.92. The van der Waals surface area contributed by atoms with Crippen LogP contribution in [-0.4, -0.2) is 19.8 Å². The number of hydrogen-bond acceptors (Lipinski definition) is 3. The highest BCUT2D eigenvalue weighted by molar-refractivity contribution is 6.31. The van der Waals surface area contributed by atoms with E-state index in [9.17, 15) is 10.2 Å². The molecule has 4 nitrogen and oxygen atoms in total. The van der Waals surface area contributed by atoms with Gasteiger partial charge >= 0.3 is 0 Å². The summed E-state index contributed by atoms with van der Waals surface area (Å²) in [6.45, 7) is 0.341. The minimum absolute atomic E-state index is 0.0845. The van der Waals surface area contributed by atoms with E-state index in [1.54, 1.807) is 30.3 Å². The third kappa shape index (κ3) is 2.98. The zero-order chi connectivity index (χ0) is 18.3. The van der Waals surface area contributed by atoms with Crippen LogP contribution in [0.1, 0.15) is 5.56 Å². The second-order valence-electron chi connectivity index (χ2n) is 5.94. The van der Waals surface area contributed by atoms with Gasteiger partial charge in [-0.1, -0.05) is 35.3 Å². The Bertz CT molecular complexity index is 1120. The molecule has 0 aliphatic heterocycles. The minimum atomic E-state index is 0.0845. The molecule has 0 radical (unpaired) electrons. The van der Waals surface area contributed by atoms with Gasteiger partial charge in [0.25, 0.3) is 0 Å². The summed E-state index contributed by atoms with van der Waals surface area (Å²) in [4.78, 5) is 4.66. The number of aromatic hydroxyl groups is 2. The molecule has 0 saturated heterocycles. The van der Waals surface area contributed by atoms with E-state index >= 15 is 0 Å². The molecule has 0 fully saturated rings. The Hall–Kier alpha value is -2.69. The average Bonchev–Trinajstić information content (AvgIpc) is 2.99. The Balaban J connectivity index is 1.95. The van der Waals surface area contributed by atoms with E-state index in [2.05, 4.69) is 4.98 Å². The zero-order valence-electron chi connectivity index (χ0n) is 13.5. The molecule has 0 spiro atoms. The van der Waals surface area contributed by atoms with Crippen molar-refractivity contribution in [3.05, 3.63) is 76.3 Å². The van der Waals surface area contributed by atoms with Crippen molar-refractivity contribution in [1.29, 1.82) is 0 Å². The van der Waals surface area contributed by atoms with Crippen LogP contribution in [0.4, 0.5) is 0 Å². The van der Waals surface area contributed by atoms with Crippen molar-refractivity contribution in [3.8, 4) is 22.9 Å². The predicted octanol–water partition coefficient (Wildman–Crippen LogP) is 5.47. The summed E-state index contributed by atoms with van der Waals surface area (Å²) in [5, 5.41) is 21.6. The van der Waals surface area contributed by atoms with Crippen LogP contribution in [-0.2, 0) is 6.54 Å². The maximum atomic E-state index is 10.3. The number of phenolic OH excluding ortho intramolecular Hbond substituents is 2. The molecule has 1 heterocycles. The first-order valence-corrected chi connectivity index (χ1v) is 8.70. The molecule has 130 valence electrons. The van der Waals surface area contributed by atoms with Crippen LogP contribution in [0.25, 0.3) is 22.4 Å². The maximum absolute atomic E-state index is 10.3. The number of imidazole rings is 1. The molecular weight excluding hydrogens is 371 g/mol. The standard InChI is InChI=1S/C20H14Cl2N2O2/c21-13-5-7-18(25)12(9-13)11-24-17-4-2-1-3-16(17)23-20(24)15-10-14(22)6-8-19(15)26/h1-10,25-26H,11H2. The van der Waals surface area contributed by atoms with Crippen LogP contribution in [0.2, 0.25) is 10.0 Å². The van der Waals surface area contributed by atoms with Crippen LogP contribution >= 0.6 is 23.2 Å². The highest BCUT2D eigenvalue weighted by Gasteiger charge is 2.17. The van der Waals surface area contributed by atoms with Crippen molar-refractivity contribution in [2.24, 2.45) is 0 Å². The molecule has 0 amide bonds. The molecule has 0 unspecified atom stereocenters. The van der Waals surface area contributed by atoms with Gasteiger partial charge in [-0.3, -0.25) is 0 Å². The molecule has 2 N–H and O–H groups in total. The van der Waals surface area contributed by atoms with E-state index < -0.39 is 0 Å². The SMILES string of the molecule is Oc1ccc(Cl)cc1Cn1c(-c2cc(Cl)ccc2O)nc2ccccc21. The van der Waals surface area contributed by atoms with E-state index in [1.807, 2.05) is 28.8 Å². The Kier molecular flexibility index (Phi) is 4.23. The van der Waals surface area contributed by atoms with Gasteiger partial charge in [0.1, 0.15) is 17.3 Å². The number of phenols is 2. The van der Waals surface area contributed by atoms with Gasteiger partial charge in [0.05, 0.1) is 23.1 Å². The van der Waals surface area contributed by atoms with Gasteiger partial charge in [0, 0.05) is 15.6 Å². The van der Waals surface area contributed by atoms with Gasteiger partial charge in [-0.2, -0.15) is 0 Å². The fourth-order valence-corrected chi connectivity index (χ4v) is 3.35. The summed E-state index contributed by atoms with van der Waals surface area (Å²) in [5.74, 6) is 0.792. The first-order chi connectivity index (χ1) is 12.5. The monoisotopic (exact) mass is 384 g/mol. The molecule has 6 heteroatoms. The van der Waals surface area contributed by atoms with Crippen molar-refractivity contribution in [1.82, 2.24) is 9.55 Å². The van der Waals surface area contributed by atoms with Crippen LogP contribution in [0.3, 0.4) is 0 Å². The van der Waals surface area contributed by atoms with Gasteiger partial charge in [0.15, 0.2) is 0 Å². The molecule has 0 saturated carbocycles. The fourth-order valence-electron chi connectivity index (χ4n) is 2.98. The van der Waals surface area contributed by atoms with Crippen molar-refractivity contribution < 1.29 is 10.2 Å². The molecule has 26 heavy (non-hydrogen) atoms. The molecule has 0 aliphatic rings. The Morgan fingerprint density at radius 1 is 0.846 bits per heavy atom. The largest absolute Gasteiger partial charge is 0.508 e. The number of benzene rings is 3. The maximum Gasteiger partial charge on any atom is 0.145 e.